The van der Waals surface area contributed by atoms with Crippen LogP contribution in [0.15, 0.2) is 24.3 Å². The monoisotopic (exact) mass is 308 g/mol. The number of rotatable bonds is 3. The molecule has 0 aliphatic carbocycles. The number of nitrogens with zero attached hydrogens (tertiary/aromatic N) is 1. The lowest BCUT2D eigenvalue weighted by Gasteiger charge is -2.26. The highest BCUT2D eigenvalue weighted by Gasteiger charge is 2.31. The Labute approximate surface area is 115 Å². The van der Waals surface area contributed by atoms with E-state index in [0.29, 0.717) is 26.2 Å². The van der Waals surface area contributed by atoms with E-state index in [4.69, 9.17) is 0 Å². The molecule has 1 N–H and O–H groups in total. The van der Waals surface area contributed by atoms with Crippen molar-refractivity contribution >= 4 is 10.0 Å². The number of hydrogen-bond acceptors (Lipinski definition) is 3. The predicted molar refractivity (Wildman–Crippen MR) is 68.5 cm³/mol. The quantitative estimate of drug-likeness (QED) is 0.919. The van der Waals surface area contributed by atoms with Crippen LogP contribution in [-0.2, 0) is 22.0 Å². The van der Waals surface area contributed by atoms with E-state index in [1.54, 1.807) is 0 Å². The van der Waals surface area contributed by atoms with Crippen molar-refractivity contribution in [3.8, 4) is 0 Å². The summed E-state index contributed by atoms with van der Waals surface area (Å²) in [7, 11) is -3.57. The van der Waals surface area contributed by atoms with Crippen molar-refractivity contribution in [2.45, 2.75) is 11.9 Å². The van der Waals surface area contributed by atoms with Gasteiger partial charge in [0, 0.05) is 26.2 Å². The van der Waals surface area contributed by atoms with Gasteiger partial charge in [-0.15, -0.1) is 0 Å². The van der Waals surface area contributed by atoms with Crippen molar-refractivity contribution in [3.63, 3.8) is 0 Å². The summed E-state index contributed by atoms with van der Waals surface area (Å²) in [6.45, 7) is 1.81. The Balaban J connectivity index is 2.17. The van der Waals surface area contributed by atoms with Gasteiger partial charge in [0.05, 0.1) is 11.3 Å². The third kappa shape index (κ3) is 3.71. The van der Waals surface area contributed by atoms with E-state index < -0.39 is 27.5 Å². The summed E-state index contributed by atoms with van der Waals surface area (Å²) >= 11 is 0. The minimum absolute atomic E-state index is 0.151. The first-order valence-electron chi connectivity index (χ1n) is 6.14. The Hall–Kier alpha value is -1.12. The molecule has 1 heterocycles. The van der Waals surface area contributed by atoms with Crippen LogP contribution in [0, 0.1) is 0 Å². The molecule has 4 nitrogen and oxygen atoms in total. The Morgan fingerprint density at radius 1 is 1.20 bits per heavy atom. The van der Waals surface area contributed by atoms with E-state index in [2.05, 4.69) is 5.32 Å². The minimum atomic E-state index is -4.46. The van der Waals surface area contributed by atoms with Gasteiger partial charge in [-0.25, -0.2) is 8.42 Å². The molecule has 1 saturated heterocycles. The average molecular weight is 308 g/mol. The lowest BCUT2D eigenvalue weighted by Crippen LogP contribution is -2.46. The van der Waals surface area contributed by atoms with Crippen LogP contribution in [0.1, 0.15) is 11.1 Å². The zero-order valence-corrected chi connectivity index (χ0v) is 11.5. The summed E-state index contributed by atoms with van der Waals surface area (Å²) in [5, 5.41) is 3.02. The lowest BCUT2D eigenvalue weighted by atomic mass is 10.1. The second-order valence-corrected chi connectivity index (χ2v) is 6.57. The number of alkyl halides is 3. The molecule has 1 aromatic rings. The molecule has 1 aromatic carbocycles. The summed E-state index contributed by atoms with van der Waals surface area (Å²) in [5.41, 5.74) is -0.677. The van der Waals surface area contributed by atoms with Gasteiger partial charge in [-0.05, 0) is 11.6 Å². The van der Waals surface area contributed by atoms with Crippen LogP contribution in [0.3, 0.4) is 0 Å². The fourth-order valence-electron chi connectivity index (χ4n) is 2.06. The summed E-state index contributed by atoms with van der Waals surface area (Å²) < 4.78 is 63.3. The summed E-state index contributed by atoms with van der Waals surface area (Å²) in [6, 6.07) is 4.45. The van der Waals surface area contributed by atoms with Crippen molar-refractivity contribution in [2.75, 3.05) is 26.2 Å². The molecule has 0 aromatic heterocycles. The number of piperazine rings is 1. The van der Waals surface area contributed by atoms with Gasteiger partial charge in [0.2, 0.25) is 10.0 Å². The fourth-order valence-corrected chi connectivity index (χ4v) is 3.58. The highest BCUT2D eigenvalue weighted by molar-refractivity contribution is 7.88. The van der Waals surface area contributed by atoms with Crippen molar-refractivity contribution < 1.29 is 21.6 Å². The van der Waals surface area contributed by atoms with Crippen molar-refractivity contribution in [2.24, 2.45) is 0 Å². The van der Waals surface area contributed by atoms with E-state index in [9.17, 15) is 21.6 Å². The maximum atomic E-state index is 12.6. The molecule has 1 aliphatic rings. The van der Waals surface area contributed by atoms with Crippen molar-refractivity contribution in [3.05, 3.63) is 35.4 Å². The third-order valence-electron chi connectivity index (χ3n) is 3.07. The summed E-state index contributed by atoms with van der Waals surface area (Å²) in [6.07, 6.45) is -4.46. The van der Waals surface area contributed by atoms with Crippen molar-refractivity contribution in [1.29, 1.82) is 0 Å². The van der Waals surface area contributed by atoms with E-state index >= 15 is 0 Å². The Morgan fingerprint density at radius 3 is 2.45 bits per heavy atom. The largest absolute Gasteiger partial charge is 0.416 e. The zero-order valence-electron chi connectivity index (χ0n) is 10.7. The molecule has 0 spiro atoms. The van der Waals surface area contributed by atoms with Crippen LogP contribution in [0.25, 0.3) is 0 Å². The van der Waals surface area contributed by atoms with Crippen LogP contribution < -0.4 is 5.32 Å². The molecular weight excluding hydrogens is 293 g/mol. The Kier molecular flexibility index (Phi) is 4.36. The Morgan fingerprint density at radius 2 is 1.85 bits per heavy atom. The second-order valence-electron chi connectivity index (χ2n) is 4.60. The van der Waals surface area contributed by atoms with E-state index in [0.717, 1.165) is 12.1 Å². The van der Waals surface area contributed by atoms with E-state index in [1.807, 2.05) is 0 Å². The van der Waals surface area contributed by atoms with Gasteiger partial charge < -0.3 is 5.32 Å². The number of halogens is 3. The maximum Gasteiger partial charge on any atom is 0.416 e. The molecule has 1 fully saturated rings. The van der Waals surface area contributed by atoms with Crippen LogP contribution in [-0.4, -0.2) is 38.9 Å². The third-order valence-corrected chi connectivity index (χ3v) is 4.92. The molecule has 0 atom stereocenters. The summed E-state index contributed by atoms with van der Waals surface area (Å²) in [4.78, 5) is 0. The molecule has 112 valence electrons. The maximum absolute atomic E-state index is 12.6. The van der Waals surface area contributed by atoms with Crippen LogP contribution in [0.2, 0.25) is 0 Å². The molecule has 8 heteroatoms. The Bertz CT molecular complexity index is 566. The SMILES string of the molecule is O=S(=O)(Cc1cccc(C(F)(F)F)c1)N1CCNCC1. The first-order chi connectivity index (χ1) is 9.29. The molecule has 1 aliphatic heterocycles. The molecule has 0 amide bonds. The van der Waals surface area contributed by atoms with Gasteiger partial charge in [0.15, 0.2) is 0 Å². The summed E-state index contributed by atoms with van der Waals surface area (Å²) in [5.74, 6) is -0.406. The van der Waals surface area contributed by atoms with Crippen LogP contribution in [0.5, 0.6) is 0 Å². The average Bonchev–Trinajstić information content (AvgIpc) is 2.38. The minimum Gasteiger partial charge on any atom is -0.314 e. The first-order valence-corrected chi connectivity index (χ1v) is 7.75. The molecule has 0 unspecified atom stereocenters. The highest BCUT2D eigenvalue weighted by Crippen LogP contribution is 2.30. The molecule has 0 bridgehead atoms. The normalized spacial score (nSPS) is 18.1. The molecule has 0 saturated carbocycles. The van der Waals surface area contributed by atoms with E-state index in [-0.39, 0.29) is 5.56 Å². The van der Waals surface area contributed by atoms with Crippen LogP contribution in [0.4, 0.5) is 13.2 Å². The fraction of sp³-hybridized carbons (Fsp3) is 0.500. The van der Waals surface area contributed by atoms with Crippen molar-refractivity contribution in [1.82, 2.24) is 9.62 Å². The first kappa shape index (κ1) is 15.3. The molecule has 2 rings (SSSR count). The van der Waals surface area contributed by atoms with E-state index in [1.165, 1.54) is 16.4 Å². The van der Waals surface area contributed by atoms with Gasteiger partial charge in [-0.3, -0.25) is 0 Å². The van der Waals surface area contributed by atoms with Gasteiger partial charge in [0.1, 0.15) is 0 Å². The lowest BCUT2D eigenvalue weighted by molar-refractivity contribution is -0.137. The van der Waals surface area contributed by atoms with Gasteiger partial charge in [-0.1, -0.05) is 18.2 Å². The number of sulfonamides is 1. The standard InChI is InChI=1S/C12H15F3N2O2S/c13-12(14,15)11-3-1-2-10(8-11)9-20(18,19)17-6-4-16-5-7-17/h1-3,8,16H,4-7,9H2. The second kappa shape index (κ2) is 5.71. The zero-order chi connectivity index (χ0) is 14.8. The van der Waals surface area contributed by atoms with Crippen LogP contribution >= 0.6 is 0 Å². The topological polar surface area (TPSA) is 49.4 Å². The molecular formula is C12H15F3N2O2S. The smallest absolute Gasteiger partial charge is 0.314 e. The molecule has 20 heavy (non-hydrogen) atoms. The number of nitrogens with one attached hydrogen (secondary N) is 1. The predicted octanol–water partition coefficient (Wildman–Crippen LogP) is 1.44. The number of hydrogen-bond donors (Lipinski definition) is 1. The number of benzene rings is 1. The molecule has 0 radical (unpaired) electrons. The highest BCUT2D eigenvalue weighted by atomic mass is 32.2. The van der Waals surface area contributed by atoms with Gasteiger partial charge in [-0.2, -0.15) is 17.5 Å². The van der Waals surface area contributed by atoms with Gasteiger partial charge in [0.25, 0.3) is 0 Å². The van der Waals surface area contributed by atoms with Gasteiger partial charge >= 0.3 is 6.18 Å².